The van der Waals surface area contributed by atoms with Crippen molar-refractivity contribution >= 4 is 5.91 Å². The van der Waals surface area contributed by atoms with Gasteiger partial charge < -0.3 is 14.4 Å². The van der Waals surface area contributed by atoms with Crippen molar-refractivity contribution in [3.05, 3.63) is 41.2 Å². The monoisotopic (exact) mass is 303 g/mol. The molecule has 0 saturated carbocycles. The number of aryl methyl sites for hydroxylation is 1. The predicted molar refractivity (Wildman–Crippen MR) is 83.3 cm³/mol. The van der Waals surface area contributed by atoms with Crippen LogP contribution >= 0.6 is 0 Å². The molecule has 0 spiro atoms. The van der Waals surface area contributed by atoms with E-state index in [4.69, 9.17) is 9.47 Å². The van der Waals surface area contributed by atoms with E-state index in [1.165, 1.54) is 7.11 Å². The number of hydrogen-bond acceptors (Lipinski definition) is 4. The summed E-state index contributed by atoms with van der Waals surface area (Å²) in [6.45, 7) is 2.47. The largest absolute Gasteiger partial charge is 0.497 e. The average Bonchev–Trinajstić information content (AvgIpc) is 2.85. The Morgan fingerprint density at radius 1 is 1.32 bits per heavy atom. The van der Waals surface area contributed by atoms with Gasteiger partial charge in [0.1, 0.15) is 11.5 Å². The topological polar surface area (TPSA) is 56.6 Å². The van der Waals surface area contributed by atoms with Crippen LogP contribution in [0.15, 0.2) is 24.4 Å². The van der Waals surface area contributed by atoms with E-state index in [9.17, 15) is 4.79 Å². The molecular formula is C16H21N3O3. The van der Waals surface area contributed by atoms with Gasteiger partial charge in [0.2, 0.25) is 0 Å². The molecule has 0 N–H and O–H groups in total. The molecule has 0 aliphatic rings. The lowest BCUT2D eigenvalue weighted by Gasteiger charge is -2.19. The molecule has 1 heterocycles. The molecule has 6 nitrogen and oxygen atoms in total. The van der Waals surface area contributed by atoms with Gasteiger partial charge in [-0.1, -0.05) is 0 Å². The third kappa shape index (κ3) is 3.05. The molecule has 1 aromatic heterocycles. The van der Waals surface area contributed by atoms with Crippen LogP contribution < -0.4 is 9.47 Å². The third-order valence-electron chi connectivity index (χ3n) is 3.73. The van der Waals surface area contributed by atoms with Crippen molar-refractivity contribution in [2.45, 2.75) is 13.5 Å². The highest BCUT2D eigenvalue weighted by Gasteiger charge is 2.18. The molecule has 0 bridgehead atoms. The first kappa shape index (κ1) is 15.9. The molecule has 2 aromatic rings. The second-order valence-electron chi connectivity index (χ2n) is 5.11. The van der Waals surface area contributed by atoms with E-state index in [1.807, 2.05) is 14.0 Å². The summed E-state index contributed by atoms with van der Waals surface area (Å²) in [6.07, 6.45) is 1.78. The zero-order chi connectivity index (χ0) is 16.3. The van der Waals surface area contributed by atoms with Crippen molar-refractivity contribution in [2.75, 3.05) is 21.3 Å². The summed E-state index contributed by atoms with van der Waals surface area (Å²) < 4.78 is 12.2. The number of hydrogen-bond donors (Lipinski definition) is 0. The summed E-state index contributed by atoms with van der Waals surface area (Å²) >= 11 is 0. The number of rotatable bonds is 5. The molecule has 0 unspecified atom stereocenters. The number of aromatic nitrogens is 2. The quantitative estimate of drug-likeness (QED) is 0.848. The predicted octanol–water partition coefficient (Wildman–Crippen LogP) is 2.02. The first-order chi connectivity index (χ1) is 10.5. The molecule has 2 rings (SSSR count). The fraction of sp³-hybridized carbons (Fsp3) is 0.375. The molecule has 0 aliphatic heterocycles. The minimum absolute atomic E-state index is 0.109. The number of benzene rings is 1. The maximum Gasteiger partial charge on any atom is 0.257 e. The maximum absolute atomic E-state index is 12.6. The number of carbonyl (C=O) groups is 1. The highest BCUT2D eigenvalue weighted by Crippen LogP contribution is 2.26. The molecule has 0 saturated heterocycles. The van der Waals surface area contributed by atoms with E-state index < -0.39 is 0 Å². The van der Waals surface area contributed by atoms with Crippen LogP contribution in [0.3, 0.4) is 0 Å². The van der Waals surface area contributed by atoms with Gasteiger partial charge >= 0.3 is 0 Å². The van der Waals surface area contributed by atoms with Crippen molar-refractivity contribution in [2.24, 2.45) is 7.05 Å². The number of carbonyl (C=O) groups excluding carboxylic acids is 1. The summed E-state index contributed by atoms with van der Waals surface area (Å²) in [5.74, 6) is 1.04. The van der Waals surface area contributed by atoms with Gasteiger partial charge in [-0.3, -0.25) is 9.48 Å². The Balaban J connectivity index is 2.22. The number of amides is 1. The van der Waals surface area contributed by atoms with E-state index >= 15 is 0 Å². The fourth-order valence-electron chi connectivity index (χ4n) is 2.21. The second-order valence-corrected chi connectivity index (χ2v) is 5.11. The Bertz CT molecular complexity index is 679. The summed E-state index contributed by atoms with van der Waals surface area (Å²) in [6, 6.07) is 5.17. The van der Waals surface area contributed by atoms with Gasteiger partial charge in [0.05, 0.1) is 26.0 Å². The van der Waals surface area contributed by atoms with Crippen LogP contribution in [-0.4, -0.2) is 41.9 Å². The van der Waals surface area contributed by atoms with E-state index in [0.717, 1.165) is 11.3 Å². The van der Waals surface area contributed by atoms with Crippen LogP contribution in [0.2, 0.25) is 0 Å². The van der Waals surface area contributed by atoms with Crippen LogP contribution in [0.4, 0.5) is 0 Å². The molecule has 6 heteroatoms. The van der Waals surface area contributed by atoms with Crippen LogP contribution in [0, 0.1) is 6.92 Å². The van der Waals surface area contributed by atoms with Gasteiger partial charge in [-0.05, 0) is 19.1 Å². The van der Waals surface area contributed by atoms with Crippen LogP contribution in [0.25, 0.3) is 0 Å². The minimum Gasteiger partial charge on any atom is -0.497 e. The Kier molecular flexibility index (Phi) is 4.70. The SMILES string of the molecule is COc1ccc(C(=O)N(C)Cc2cnn(C)c2C)c(OC)c1. The molecular weight excluding hydrogens is 282 g/mol. The van der Waals surface area contributed by atoms with Crippen molar-refractivity contribution < 1.29 is 14.3 Å². The molecule has 22 heavy (non-hydrogen) atoms. The van der Waals surface area contributed by atoms with Crippen LogP contribution in [0.1, 0.15) is 21.6 Å². The number of ether oxygens (including phenoxy) is 2. The van der Waals surface area contributed by atoms with E-state index in [2.05, 4.69) is 5.10 Å². The second kappa shape index (κ2) is 6.51. The lowest BCUT2D eigenvalue weighted by molar-refractivity contribution is 0.0781. The number of methoxy groups -OCH3 is 2. The summed E-state index contributed by atoms with van der Waals surface area (Å²) in [7, 11) is 6.76. The van der Waals surface area contributed by atoms with E-state index in [-0.39, 0.29) is 5.91 Å². The van der Waals surface area contributed by atoms with Gasteiger partial charge in [0.15, 0.2) is 0 Å². The Morgan fingerprint density at radius 3 is 2.59 bits per heavy atom. The highest BCUT2D eigenvalue weighted by molar-refractivity contribution is 5.97. The van der Waals surface area contributed by atoms with Crippen molar-refractivity contribution in [3.63, 3.8) is 0 Å². The Labute approximate surface area is 130 Å². The lowest BCUT2D eigenvalue weighted by atomic mass is 10.1. The molecule has 1 amide bonds. The summed E-state index contributed by atoms with van der Waals surface area (Å²) in [5.41, 5.74) is 2.57. The molecule has 0 aliphatic carbocycles. The zero-order valence-corrected chi connectivity index (χ0v) is 13.6. The maximum atomic E-state index is 12.6. The molecule has 0 radical (unpaired) electrons. The fourth-order valence-corrected chi connectivity index (χ4v) is 2.21. The smallest absolute Gasteiger partial charge is 0.257 e. The molecule has 0 fully saturated rings. The van der Waals surface area contributed by atoms with Crippen LogP contribution in [0.5, 0.6) is 11.5 Å². The van der Waals surface area contributed by atoms with Gasteiger partial charge in [0.25, 0.3) is 5.91 Å². The Hall–Kier alpha value is -2.50. The van der Waals surface area contributed by atoms with Crippen molar-refractivity contribution in [1.82, 2.24) is 14.7 Å². The minimum atomic E-state index is -0.109. The molecule has 0 atom stereocenters. The van der Waals surface area contributed by atoms with E-state index in [1.54, 1.807) is 48.1 Å². The summed E-state index contributed by atoms with van der Waals surface area (Å²) in [5, 5.41) is 4.20. The summed E-state index contributed by atoms with van der Waals surface area (Å²) in [4.78, 5) is 14.3. The van der Waals surface area contributed by atoms with E-state index in [0.29, 0.717) is 23.6 Å². The van der Waals surface area contributed by atoms with Crippen molar-refractivity contribution in [1.29, 1.82) is 0 Å². The zero-order valence-electron chi connectivity index (χ0n) is 13.6. The number of nitrogens with zero attached hydrogens (tertiary/aromatic N) is 3. The molecule has 1 aromatic carbocycles. The lowest BCUT2D eigenvalue weighted by Crippen LogP contribution is -2.26. The van der Waals surface area contributed by atoms with Crippen molar-refractivity contribution in [3.8, 4) is 11.5 Å². The third-order valence-corrected chi connectivity index (χ3v) is 3.73. The van der Waals surface area contributed by atoms with Crippen LogP contribution in [-0.2, 0) is 13.6 Å². The first-order valence-corrected chi connectivity index (χ1v) is 6.93. The highest BCUT2D eigenvalue weighted by atomic mass is 16.5. The van der Waals surface area contributed by atoms with Gasteiger partial charge in [-0.2, -0.15) is 5.10 Å². The van der Waals surface area contributed by atoms with Gasteiger partial charge in [-0.15, -0.1) is 0 Å². The normalized spacial score (nSPS) is 10.4. The van der Waals surface area contributed by atoms with Gasteiger partial charge in [-0.25, -0.2) is 0 Å². The first-order valence-electron chi connectivity index (χ1n) is 6.93. The Morgan fingerprint density at radius 2 is 2.05 bits per heavy atom. The standard InChI is InChI=1S/C16H21N3O3/c1-11-12(9-17-19(11)3)10-18(2)16(20)14-7-6-13(21-4)8-15(14)22-5/h6-9H,10H2,1-5H3. The average molecular weight is 303 g/mol. The molecule has 118 valence electrons. The van der Waals surface area contributed by atoms with Gasteiger partial charge in [0, 0.05) is 38.0 Å².